The van der Waals surface area contributed by atoms with Crippen molar-refractivity contribution < 1.29 is 14.0 Å². The predicted molar refractivity (Wildman–Crippen MR) is 78.4 cm³/mol. The molecule has 2 amide bonds. The average Bonchev–Trinajstić information content (AvgIpc) is 2.48. The molecule has 1 aromatic carbocycles. The Morgan fingerprint density at radius 1 is 1.24 bits per heavy atom. The minimum absolute atomic E-state index is 0.0756. The van der Waals surface area contributed by atoms with Gasteiger partial charge in [-0.1, -0.05) is 6.92 Å². The number of rotatable bonds is 4. The maximum Gasteiger partial charge on any atom is 0.253 e. The van der Waals surface area contributed by atoms with Gasteiger partial charge in [0.1, 0.15) is 5.82 Å². The number of piperidine rings is 1. The summed E-state index contributed by atoms with van der Waals surface area (Å²) in [7, 11) is 0. The van der Waals surface area contributed by atoms with Crippen LogP contribution in [-0.2, 0) is 4.79 Å². The van der Waals surface area contributed by atoms with Gasteiger partial charge in [0.2, 0.25) is 5.91 Å². The van der Waals surface area contributed by atoms with Gasteiger partial charge in [-0.15, -0.1) is 0 Å². The van der Waals surface area contributed by atoms with Crippen LogP contribution in [0.5, 0.6) is 0 Å². The topological polar surface area (TPSA) is 49.4 Å². The zero-order chi connectivity index (χ0) is 15.2. The number of halogens is 1. The van der Waals surface area contributed by atoms with Gasteiger partial charge in [0.15, 0.2) is 0 Å². The number of hydrogen-bond acceptors (Lipinski definition) is 2. The van der Waals surface area contributed by atoms with E-state index in [9.17, 15) is 14.0 Å². The molecule has 0 spiro atoms. The van der Waals surface area contributed by atoms with Crippen LogP contribution in [0, 0.1) is 5.82 Å². The highest BCUT2D eigenvalue weighted by molar-refractivity contribution is 5.94. The van der Waals surface area contributed by atoms with Crippen molar-refractivity contribution >= 4 is 11.8 Å². The van der Waals surface area contributed by atoms with Gasteiger partial charge in [-0.3, -0.25) is 9.59 Å². The molecule has 0 aromatic heterocycles. The van der Waals surface area contributed by atoms with Crippen molar-refractivity contribution in [3.8, 4) is 0 Å². The van der Waals surface area contributed by atoms with Gasteiger partial charge in [0.05, 0.1) is 0 Å². The highest BCUT2D eigenvalue weighted by Gasteiger charge is 2.24. The molecule has 0 atom stereocenters. The van der Waals surface area contributed by atoms with Gasteiger partial charge in [-0.05, 0) is 43.5 Å². The van der Waals surface area contributed by atoms with Gasteiger partial charge in [0.25, 0.3) is 5.91 Å². The van der Waals surface area contributed by atoms with E-state index in [0.717, 1.165) is 19.3 Å². The van der Waals surface area contributed by atoms with Crippen LogP contribution in [0.2, 0.25) is 0 Å². The third-order valence-corrected chi connectivity index (χ3v) is 3.72. The molecule has 114 valence electrons. The molecule has 0 saturated carbocycles. The lowest BCUT2D eigenvalue weighted by molar-refractivity contribution is -0.122. The van der Waals surface area contributed by atoms with Gasteiger partial charge < -0.3 is 10.2 Å². The summed E-state index contributed by atoms with van der Waals surface area (Å²) < 4.78 is 12.9. The lowest BCUT2D eigenvalue weighted by Crippen LogP contribution is -2.46. The summed E-state index contributed by atoms with van der Waals surface area (Å²) in [5.41, 5.74) is 0.505. The number of likely N-dealkylation sites (tertiary alicyclic amines) is 1. The zero-order valence-electron chi connectivity index (χ0n) is 12.3. The van der Waals surface area contributed by atoms with E-state index < -0.39 is 0 Å². The Morgan fingerprint density at radius 2 is 1.86 bits per heavy atom. The predicted octanol–water partition coefficient (Wildman–Crippen LogP) is 2.35. The number of nitrogens with zero attached hydrogens (tertiary/aromatic N) is 1. The molecule has 0 aliphatic carbocycles. The van der Waals surface area contributed by atoms with E-state index in [2.05, 4.69) is 5.32 Å². The number of carbonyl (C=O) groups excluding carboxylic acids is 2. The first-order valence-electron chi connectivity index (χ1n) is 7.44. The van der Waals surface area contributed by atoms with Gasteiger partial charge in [-0.25, -0.2) is 4.39 Å². The Balaban J connectivity index is 1.84. The molecule has 1 fully saturated rings. The van der Waals surface area contributed by atoms with Crippen molar-refractivity contribution in [2.75, 3.05) is 13.1 Å². The Labute approximate surface area is 124 Å². The monoisotopic (exact) mass is 292 g/mol. The third-order valence-electron chi connectivity index (χ3n) is 3.72. The first kappa shape index (κ1) is 15.5. The second-order valence-corrected chi connectivity index (χ2v) is 5.39. The van der Waals surface area contributed by atoms with Crippen LogP contribution in [0.1, 0.15) is 43.0 Å². The lowest BCUT2D eigenvalue weighted by Gasteiger charge is -2.32. The number of hydrogen-bond donors (Lipinski definition) is 1. The first-order chi connectivity index (χ1) is 10.1. The molecule has 1 aliphatic rings. The summed E-state index contributed by atoms with van der Waals surface area (Å²) in [6.07, 6.45) is 2.92. The number of carbonyl (C=O) groups is 2. The minimum Gasteiger partial charge on any atom is -0.353 e. The largest absolute Gasteiger partial charge is 0.353 e. The van der Waals surface area contributed by atoms with Crippen molar-refractivity contribution in [2.24, 2.45) is 0 Å². The first-order valence-corrected chi connectivity index (χ1v) is 7.44. The van der Waals surface area contributed by atoms with E-state index in [1.165, 1.54) is 24.3 Å². The van der Waals surface area contributed by atoms with Crippen LogP contribution >= 0.6 is 0 Å². The molecule has 1 aliphatic heterocycles. The van der Waals surface area contributed by atoms with E-state index in [0.29, 0.717) is 25.1 Å². The quantitative estimate of drug-likeness (QED) is 0.926. The molecule has 0 unspecified atom stereocenters. The molecule has 0 bridgehead atoms. The molecular formula is C16H21FN2O2. The third kappa shape index (κ3) is 4.28. The Kier molecular flexibility index (Phi) is 5.31. The Morgan fingerprint density at radius 3 is 2.43 bits per heavy atom. The van der Waals surface area contributed by atoms with Crippen molar-refractivity contribution in [3.05, 3.63) is 35.6 Å². The number of benzene rings is 1. The fraction of sp³-hybridized carbons (Fsp3) is 0.500. The summed E-state index contributed by atoms with van der Waals surface area (Å²) in [6, 6.07) is 5.76. The normalized spacial score (nSPS) is 15.8. The standard InChI is InChI=1S/C16H21FN2O2/c1-2-3-15(20)18-14-8-10-19(11-9-14)16(21)12-4-6-13(17)7-5-12/h4-7,14H,2-3,8-11H2,1H3,(H,18,20). The van der Waals surface area contributed by atoms with Crippen LogP contribution < -0.4 is 5.32 Å². The highest BCUT2D eigenvalue weighted by Crippen LogP contribution is 2.14. The maximum atomic E-state index is 12.9. The highest BCUT2D eigenvalue weighted by atomic mass is 19.1. The molecular weight excluding hydrogens is 271 g/mol. The Hall–Kier alpha value is -1.91. The second-order valence-electron chi connectivity index (χ2n) is 5.39. The van der Waals surface area contributed by atoms with Gasteiger partial charge >= 0.3 is 0 Å². The summed E-state index contributed by atoms with van der Waals surface area (Å²) in [5.74, 6) is -0.335. The van der Waals surface area contributed by atoms with Crippen LogP contribution in [0.15, 0.2) is 24.3 Å². The molecule has 0 radical (unpaired) electrons. The van der Waals surface area contributed by atoms with Gasteiger partial charge in [0, 0.05) is 31.1 Å². The molecule has 5 heteroatoms. The summed E-state index contributed by atoms with van der Waals surface area (Å²) in [4.78, 5) is 25.6. The molecule has 21 heavy (non-hydrogen) atoms. The van der Waals surface area contributed by atoms with Crippen molar-refractivity contribution in [3.63, 3.8) is 0 Å². The second kappa shape index (κ2) is 7.20. The van der Waals surface area contributed by atoms with Crippen LogP contribution in [-0.4, -0.2) is 35.8 Å². The average molecular weight is 292 g/mol. The fourth-order valence-corrected chi connectivity index (χ4v) is 2.53. The van der Waals surface area contributed by atoms with Crippen molar-refractivity contribution in [2.45, 2.75) is 38.6 Å². The van der Waals surface area contributed by atoms with Crippen molar-refractivity contribution in [1.29, 1.82) is 0 Å². The van der Waals surface area contributed by atoms with Crippen LogP contribution in [0.4, 0.5) is 4.39 Å². The Bertz CT molecular complexity index is 494. The molecule has 1 saturated heterocycles. The van der Waals surface area contributed by atoms with E-state index >= 15 is 0 Å². The summed E-state index contributed by atoms with van der Waals surface area (Å²) in [5, 5.41) is 3.00. The molecule has 2 rings (SSSR count). The van der Waals surface area contributed by atoms with Crippen LogP contribution in [0.3, 0.4) is 0 Å². The SMILES string of the molecule is CCCC(=O)NC1CCN(C(=O)c2ccc(F)cc2)CC1. The minimum atomic E-state index is -0.344. The summed E-state index contributed by atoms with van der Waals surface area (Å²) >= 11 is 0. The zero-order valence-corrected chi connectivity index (χ0v) is 12.3. The van der Waals surface area contributed by atoms with E-state index in [1.807, 2.05) is 6.92 Å². The number of nitrogens with one attached hydrogen (secondary N) is 1. The van der Waals surface area contributed by atoms with E-state index in [4.69, 9.17) is 0 Å². The summed E-state index contributed by atoms with van der Waals surface area (Å²) in [6.45, 7) is 3.21. The van der Waals surface area contributed by atoms with E-state index in [-0.39, 0.29) is 23.7 Å². The fourth-order valence-electron chi connectivity index (χ4n) is 2.53. The van der Waals surface area contributed by atoms with Crippen LogP contribution in [0.25, 0.3) is 0 Å². The van der Waals surface area contributed by atoms with Crippen molar-refractivity contribution in [1.82, 2.24) is 10.2 Å². The molecule has 1 N–H and O–H groups in total. The lowest BCUT2D eigenvalue weighted by atomic mass is 10.0. The maximum absolute atomic E-state index is 12.9. The van der Waals surface area contributed by atoms with E-state index in [1.54, 1.807) is 4.90 Å². The molecule has 1 heterocycles. The number of amides is 2. The molecule has 1 aromatic rings. The van der Waals surface area contributed by atoms with Gasteiger partial charge in [-0.2, -0.15) is 0 Å². The smallest absolute Gasteiger partial charge is 0.253 e. The molecule has 4 nitrogen and oxygen atoms in total.